The Morgan fingerprint density at radius 1 is 1.00 bits per heavy atom. The maximum atomic E-state index is 12.9. The third kappa shape index (κ3) is 2.87. The number of benzene rings is 2. The lowest BCUT2D eigenvalue weighted by Crippen LogP contribution is -2.35. The molecule has 0 aliphatic carbocycles. The van der Waals surface area contributed by atoms with Gasteiger partial charge in [-0.1, -0.05) is 12.1 Å². The third-order valence-corrected chi connectivity index (χ3v) is 3.88. The highest BCUT2D eigenvalue weighted by Gasteiger charge is 2.34. The van der Waals surface area contributed by atoms with Crippen molar-refractivity contribution in [2.75, 3.05) is 5.01 Å². The first-order valence-electron chi connectivity index (χ1n) is 6.43. The van der Waals surface area contributed by atoms with Crippen molar-refractivity contribution in [2.45, 2.75) is 0 Å². The number of anilines is 1. The molecule has 0 radical (unpaired) electrons. The molecule has 6 heteroatoms. The maximum Gasteiger partial charge on any atom is 0.282 e. The van der Waals surface area contributed by atoms with Gasteiger partial charge in [0, 0.05) is 3.57 Å². The predicted molar refractivity (Wildman–Crippen MR) is 89.2 cm³/mol. The zero-order valence-corrected chi connectivity index (χ0v) is 13.4. The first kappa shape index (κ1) is 14.7. The van der Waals surface area contributed by atoms with Gasteiger partial charge in [-0.3, -0.25) is 15.0 Å². The molecule has 1 N–H and O–H groups in total. The summed E-state index contributed by atoms with van der Waals surface area (Å²) in [5.41, 5.74) is 3.71. The van der Waals surface area contributed by atoms with Crippen LogP contribution in [0, 0.1) is 9.39 Å². The van der Waals surface area contributed by atoms with E-state index in [0.717, 1.165) is 3.57 Å². The molecule has 2 amide bonds. The summed E-state index contributed by atoms with van der Waals surface area (Å²) in [6, 6.07) is 12.8. The molecule has 0 spiro atoms. The summed E-state index contributed by atoms with van der Waals surface area (Å²) < 4.78 is 13.9. The summed E-state index contributed by atoms with van der Waals surface area (Å²) in [5.74, 6) is -1.28. The summed E-state index contributed by atoms with van der Waals surface area (Å²) in [4.78, 5) is 24.4. The Morgan fingerprint density at radius 2 is 1.64 bits per heavy atom. The molecule has 3 rings (SSSR count). The highest BCUT2D eigenvalue weighted by Crippen LogP contribution is 2.22. The quantitative estimate of drug-likeness (QED) is 0.472. The number of nitrogens with one attached hydrogen (secondary N) is 1. The Labute approximate surface area is 139 Å². The van der Waals surface area contributed by atoms with Crippen LogP contribution in [0.1, 0.15) is 5.56 Å². The van der Waals surface area contributed by atoms with E-state index in [-0.39, 0.29) is 11.4 Å². The molecule has 0 bridgehead atoms. The van der Waals surface area contributed by atoms with Crippen molar-refractivity contribution in [3.05, 3.63) is 69.1 Å². The van der Waals surface area contributed by atoms with E-state index >= 15 is 0 Å². The van der Waals surface area contributed by atoms with Crippen molar-refractivity contribution in [3.8, 4) is 0 Å². The predicted octanol–water partition coefficient (Wildman–Crippen LogP) is 2.89. The molecule has 2 aromatic carbocycles. The molecule has 1 saturated heterocycles. The van der Waals surface area contributed by atoms with Gasteiger partial charge >= 0.3 is 0 Å². The van der Waals surface area contributed by atoms with Crippen LogP contribution in [-0.2, 0) is 9.59 Å². The van der Waals surface area contributed by atoms with Crippen LogP contribution in [0.3, 0.4) is 0 Å². The van der Waals surface area contributed by atoms with Crippen LogP contribution in [0.25, 0.3) is 6.08 Å². The topological polar surface area (TPSA) is 49.4 Å². The molecule has 22 heavy (non-hydrogen) atoms. The Bertz CT molecular complexity index is 770. The maximum absolute atomic E-state index is 12.9. The van der Waals surface area contributed by atoms with E-state index in [9.17, 15) is 14.0 Å². The van der Waals surface area contributed by atoms with Gasteiger partial charge in [-0.25, -0.2) is 9.40 Å². The van der Waals surface area contributed by atoms with Gasteiger partial charge in [-0.2, -0.15) is 0 Å². The molecule has 4 nitrogen and oxygen atoms in total. The van der Waals surface area contributed by atoms with Crippen molar-refractivity contribution in [2.24, 2.45) is 0 Å². The monoisotopic (exact) mass is 408 g/mol. The molecular weight excluding hydrogens is 398 g/mol. The third-order valence-electron chi connectivity index (χ3n) is 3.16. The number of hydrogen-bond donors (Lipinski definition) is 1. The molecule has 0 aromatic heterocycles. The molecule has 0 atom stereocenters. The average molecular weight is 408 g/mol. The van der Waals surface area contributed by atoms with Gasteiger partial charge in [0.15, 0.2) is 0 Å². The van der Waals surface area contributed by atoms with Crippen LogP contribution >= 0.6 is 22.6 Å². The minimum atomic E-state index is -0.479. The Hall–Kier alpha value is -2.22. The Morgan fingerprint density at radius 3 is 2.27 bits per heavy atom. The first-order chi connectivity index (χ1) is 10.5. The van der Waals surface area contributed by atoms with E-state index in [1.54, 1.807) is 12.1 Å². The molecule has 0 unspecified atom stereocenters. The zero-order chi connectivity index (χ0) is 15.7. The van der Waals surface area contributed by atoms with Crippen LogP contribution in [0.15, 0.2) is 54.1 Å². The van der Waals surface area contributed by atoms with Gasteiger partial charge < -0.3 is 0 Å². The fraction of sp³-hybridized carbons (Fsp3) is 0. The standard InChI is InChI=1S/C16H10FIN2O2/c17-11-3-1-10(2-4-11)9-14-15(21)19-20(16(14)22)13-7-5-12(18)6-8-13/h1-9H,(H,19,21)/b14-9+. The molecule has 2 aromatic rings. The lowest BCUT2D eigenvalue weighted by molar-refractivity contribution is -0.117. The van der Waals surface area contributed by atoms with Gasteiger partial charge in [0.1, 0.15) is 11.4 Å². The van der Waals surface area contributed by atoms with E-state index < -0.39 is 11.8 Å². The highest BCUT2D eigenvalue weighted by atomic mass is 127. The normalized spacial score (nSPS) is 16.3. The second-order valence-corrected chi connectivity index (χ2v) is 5.91. The number of nitrogens with zero attached hydrogens (tertiary/aromatic N) is 1. The molecule has 1 aliphatic rings. The second-order valence-electron chi connectivity index (χ2n) is 4.67. The smallest absolute Gasteiger partial charge is 0.267 e. The first-order valence-corrected chi connectivity index (χ1v) is 7.51. The van der Waals surface area contributed by atoms with Crippen LogP contribution < -0.4 is 10.4 Å². The number of rotatable bonds is 2. The molecule has 110 valence electrons. The number of hydrazine groups is 1. The van der Waals surface area contributed by atoms with Crippen molar-refractivity contribution < 1.29 is 14.0 Å². The summed E-state index contributed by atoms with van der Waals surface area (Å²) in [6.45, 7) is 0. The van der Waals surface area contributed by atoms with Crippen LogP contribution in [0.5, 0.6) is 0 Å². The van der Waals surface area contributed by atoms with E-state index in [4.69, 9.17) is 0 Å². The number of halogens is 2. The summed E-state index contributed by atoms with van der Waals surface area (Å²) >= 11 is 2.16. The van der Waals surface area contributed by atoms with Gasteiger partial charge in [0.2, 0.25) is 0 Å². The molecule has 1 fully saturated rings. The summed E-state index contributed by atoms with van der Waals surface area (Å²) in [5, 5.41) is 1.20. The number of amides is 2. The number of hydrogen-bond acceptors (Lipinski definition) is 2. The number of carbonyl (C=O) groups excluding carboxylic acids is 2. The minimum absolute atomic E-state index is 0.0187. The highest BCUT2D eigenvalue weighted by molar-refractivity contribution is 14.1. The van der Waals surface area contributed by atoms with Crippen molar-refractivity contribution in [3.63, 3.8) is 0 Å². The second kappa shape index (κ2) is 5.88. The van der Waals surface area contributed by atoms with Crippen LogP contribution in [-0.4, -0.2) is 11.8 Å². The van der Waals surface area contributed by atoms with E-state index in [2.05, 4.69) is 28.0 Å². The molecule has 0 saturated carbocycles. The number of carbonyl (C=O) groups is 2. The summed E-state index contributed by atoms with van der Waals surface area (Å²) in [6.07, 6.45) is 1.45. The molecule has 1 aliphatic heterocycles. The van der Waals surface area contributed by atoms with Crippen LogP contribution in [0.4, 0.5) is 10.1 Å². The Kier molecular flexibility index (Phi) is 3.93. The van der Waals surface area contributed by atoms with Gasteiger partial charge in [0.25, 0.3) is 11.8 Å². The van der Waals surface area contributed by atoms with Gasteiger partial charge in [-0.15, -0.1) is 0 Å². The fourth-order valence-electron chi connectivity index (χ4n) is 2.06. The van der Waals surface area contributed by atoms with Crippen LogP contribution in [0.2, 0.25) is 0 Å². The SMILES string of the molecule is O=C1NN(c2ccc(I)cc2)C(=O)/C1=C/c1ccc(F)cc1. The average Bonchev–Trinajstić information content (AvgIpc) is 2.78. The van der Waals surface area contributed by atoms with Gasteiger partial charge in [0.05, 0.1) is 5.69 Å². The fourth-order valence-corrected chi connectivity index (χ4v) is 2.41. The zero-order valence-electron chi connectivity index (χ0n) is 11.2. The van der Waals surface area contributed by atoms with Crippen molar-refractivity contribution >= 4 is 46.2 Å². The summed E-state index contributed by atoms with van der Waals surface area (Å²) in [7, 11) is 0. The Balaban J connectivity index is 1.91. The van der Waals surface area contributed by atoms with E-state index in [1.165, 1.54) is 35.4 Å². The molecular formula is C16H10FIN2O2. The largest absolute Gasteiger partial charge is 0.282 e. The molecule has 1 heterocycles. The minimum Gasteiger partial charge on any atom is -0.267 e. The lowest BCUT2D eigenvalue weighted by atomic mass is 10.1. The van der Waals surface area contributed by atoms with Gasteiger partial charge in [-0.05, 0) is 70.6 Å². The van der Waals surface area contributed by atoms with Crippen molar-refractivity contribution in [1.29, 1.82) is 0 Å². The van der Waals surface area contributed by atoms with E-state index in [0.29, 0.717) is 11.3 Å². The van der Waals surface area contributed by atoms with Crippen molar-refractivity contribution in [1.82, 2.24) is 5.43 Å². The van der Waals surface area contributed by atoms with E-state index in [1.807, 2.05) is 12.1 Å². The lowest BCUT2D eigenvalue weighted by Gasteiger charge is -2.14.